The van der Waals surface area contributed by atoms with Crippen LogP contribution in [0.5, 0.6) is 0 Å². The van der Waals surface area contributed by atoms with Crippen LogP contribution < -0.4 is 5.32 Å². The maximum Gasteiger partial charge on any atom is 0.317 e. The molecule has 0 aromatic carbocycles. The van der Waals surface area contributed by atoms with Crippen molar-refractivity contribution in [3.05, 3.63) is 0 Å². The van der Waals surface area contributed by atoms with Crippen molar-refractivity contribution < 1.29 is 4.79 Å². The van der Waals surface area contributed by atoms with Crippen LogP contribution in [0.15, 0.2) is 0 Å². The van der Waals surface area contributed by atoms with Crippen LogP contribution in [0.25, 0.3) is 0 Å². The maximum atomic E-state index is 12.4. The van der Waals surface area contributed by atoms with E-state index in [1.165, 1.54) is 51.6 Å². The highest BCUT2D eigenvalue weighted by Crippen LogP contribution is 2.43. The number of nitrogens with zero attached hydrogens (tertiary/aromatic N) is 3. The molecule has 138 valence electrons. The fourth-order valence-electron chi connectivity index (χ4n) is 4.34. The lowest BCUT2D eigenvalue weighted by Crippen LogP contribution is -2.47. The number of rotatable bonds is 6. The Morgan fingerprint density at radius 1 is 1.08 bits per heavy atom. The zero-order chi connectivity index (χ0) is 16.9. The molecule has 3 rings (SSSR count). The third-order valence-electron chi connectivity index (χ3n) is 6.24. The van der Waals surface area contributed by atoms with Crippen LogP contribution >= 0.6 is 0 Å². The zero-order valence-corrected chi connectivity index (χ0v) is 15.7. The number of piperazine rings is 1. The molecule has 2 atom stereocenters. The summed E-state index contributed by atoms with van der Waals surface area (Å²) in [4.78, 5) is 19.2. The largest absolute Gasteiger partial charge is 0.335 e. The molecule has 5 nitrogen and oxygen atoms in total. The second kappa shape index (κ2) is 8.52. The summed E-state index contributed by atoms with van der Waals surface area (Å²) in [6.07, 6.45) is 8.99. The Bertz CT molecular complexity index is 404. The highest BCUT2D eigenvalue weighted by atomic mass is 16.2. The van der Waals surface area contributed by atoms with E-state index in [-0.39, 0.29) is 6.03 Å². The molecule has 1 saturated heterocycles. The summed E-state index contributed by atoms with van der Waals surface area (Å²) in [6, 6.07) is 0.548. The minimum atomic E-state index is 0.134. The van der Waals surface area contributed by atoms with Crippen molar-refractivity contribution in [2.45, 2.75) is 51.0 Å². The number of amides is 2. The minimum absolute atomic E-state index is 0.134. The molecule has 2 aliphatic carbocycles. The lowest BCUT2D eigenvalue weighted by atomic mass is 9.83. The van der Waals surface area contributed by atoms with Crippen LogP contribution in [-0.4, -0.2) is 80.1 Å². The normalized spacial score (nSPS) is 29.4. The van der Waals surface area contributed by atoms with Gasteiger partial charge in [0.1, 0.15) is 0 Å². The van der Waals surface area contributed by atoms with E-state index in [1.807, 2.05) is 11.9 Å². The van der Waals surface area contributed by atoms with E-state index in [2.05, 4.69) is 22.2 Å². The van der Waals surface area contributed by atoms with Crippen LogP contribution in [0.3, 0.4) is 0 Å². The van der Waals surface area contributed by atoms with Gasteiger partial charge in [0.05, 0.1) is 0 Å². The van der Waals surface area contributed by atoms with Gasteiger partial charge in [-0.25, -0.2) is 4.79 Å². The molecular weight excluding hydrogens is 300 g/mol. The Kier molecular flexibility index (Phi) is 6.39. The van der Waals surface area contributed by atoms with Gasteiger partial charge in [0.25, 0.3) is 0 Å². The number of nitrogens with one attached hydrogen (secondary N) is 1. The van der Waals surface area contributed by atoms with Gasteiger partial charge < -0.3 is 20.0 Å². The molecule has 0 bridgehead atoms. The van der Waals surface area contributed by atoms with E-state index < -0.39 is 0 Å². The molecule has 1 N–H and O–H groups in total. The van der Waals surface area contributed by atoms with Crippen LogP contribution in [0, 0.1) is 11.8 Å². The van der Waals surface area contributed by atoms with Crippen molar-refractivity contribution >= 4 is 6.03 Å². The number of likely N-dealkylation sites (N-methyl/N-ethyl adjacent to an activating group) is 1. The molecule has 0 spiro atoms. The summed E-state index contributed by atoms with van der Waals surface area (Å²) in [5.41, 5.74) is 0. The van der Waals surface area contributed by atoms with E-state index in [0.717, 1.165) is 44.4 Å². The summed E-state index contributed by atoms with van der Waals surface area (Å²) >= 11 is 0. The number of urea groups is 1. The first-order valence-corrected chi connectivity index (χ1v) is 10.0. The molecule has 0 aromatic rings. The van der Waals surface area contributed by atoms with Gasteiger partial charge in [0.2, 0.25) is 0 Å². The smallest absolute Gasteiger partial charge is 0.317 e. The SMILES string of the molecule is CN1CCN(CCCN(C)C(=O)NC2CCCC(C3CC3)C2)CC1. The lowest BCUT2D eigenvalue weighted by molar-refractivity contribution is 0.147. The quantitative estimate of drug-likeness (QED) is 0.808. The molecule has 2 unspecified atom stereocenters. The van der Waals surface area contributed by atoms with Gasteiger partial charge in [-0.3, -0.25) is 0 Å². The molecule has 5 heteroatoms. The Hall–Kier alpha value is -0.810. The number of hydrogen-bond acceptors (Lipinski definition) is 3. The van der Waals surface area contributed by atoms with E-state index in [0.29, 0.717) is 6.04 Å². The van der Waals surface area contributed by atoms with Gasteiger partial charge in [-0.1, -0.05) is 12.8 Å². The number of hydrogen-bond donors (Lipinski definition) is 1. The van der Waals surface area contributed by atoms with Gasteiger partial charge in [-0.15, -0.1) is 0 Å². The molecule has 3 fully saturated rings. The van der Waals surface area contributed by atoms with Gasteiger partial charge in [-0.05, 0) is 57.5 Å². The van der Waals surface area contributed by atoms with E-state index in [1.54, 1.807) is 0 Å². The molecule has 0 radical (unpaired) electrons. The fraction of sp³-hybridized carbons (Fsp3) is 0.947. The monoisotopic (exact) mass is 336 g/mol. The first-order valence-electron chi connectivity index (χ1n) is 10.0. The first-order chi connectivity index (χ1) is 11.6. The Morgan fingerprint density at radius 2 is 1.83 bits per heavy atom. The van der Waals surface area contributed by atoms with E-state index in [9.17, 15) is 4.79 Å². The van der Waals surface area contributed by atoms with Gasteiger partial charge in [-0.2, -0.15) is 0 Å². The van der Waals surface area contributed by atoms with E-state index >= 15 is 0 Å². The summed E-state index contributed by atoms with van der Waals surface area (Å²) < 4.78 is 0. The third-order valence-corrected chi connectivity index (χ3v) is 6.24. The summed E-state index contributed by atoms with van der Waals surface area (Å²) in [7, 11) is 4.13. The molecule has 0 aromatic heterocycles. The standard InChI is InChI=1S/C19H36N4O/c1-21-11-13-23(14-12-21)10-4-9-22(2)19(24)20-18-6-3-5-17(15-18)16-7-8-16/h16-18H,3-15H2,1-2H3,(H,20,24). The van der Waals surface area contributed by atoms with Crippen LogP contribution in [0.2, 0.25) is 0 Å². The summed E-state index contributed by atoms with van der Waals surface area (Å²) in [5, 5.41) is 3.29. The average molecular weight is 337 g/mol. The predicted octanol–water partition coefficient (Wildman–Crippen LogP) is 2.23. The first kappa shape index (κ1) is 18.0. The molecule has 1 heterocycles. The van der Waals surface area contributed by atoms with Crippen LogP contribution in [0.4, 0.5) is 4.79 Å². The van der Waals surface area contributed by atoms with Crippen molar-refractivity contribution in [3.63, 3.8) is 0 Å². The summed E-state index contributed by atoms with van der Waals surface area (Å²) in [5.74, 6) is 1.86. The molecule has 3 aliphatic rings. The van der Waals surface area contributed by atoms with Crippen molar-refractivity contribution in [2.24, 2.45) is 11.8 Å². The zero-order valence-electron chi connectivity index (χ0n) is 15.7. The Morgan fingerprint density at radius 3 is 2.54 bits per heavy atom. The number of carbonyl (C=O) groups excluding carboxylic acids is 1. The van der Waals surface area contributed by atoms with Gasteiger partial charge in [0, 0.05) is 45.8 Å². The molecule has 24 heavy (non-hydrogen) atoms. The van der Waals surface area contributed by atoms with Gasteiger partial charge >= 0.3 is 6.03 Å². The Balaban J connectivity index is 1.31. The topological polar surface area (TPSA) is 38.8 Å². The average Bonchev–Trinajstić information content (AvgIpc) is 3.42. The highest BCUT2D eigenvalue weighted by molar-refractivity contribution is 5.74. The second-order valence-electron chi connectivity index (χ2n) is 8.33. The second-order valence-corrected chi connectivity index (χ2v) is 8.33. The maximum absolute atomic E-state index is 12.4. The van der Waals surface area contributed by atoms with E-state index in [4.69, 9.17) is 0 Å². The van der Waals surface area contributed by atoms with Gasteiger partial charge in [0.15, 0.2) is 0 Å². The fourth-order valence-corrected chi connectivity index (χ4v) is 4.34. The van der Waals surface area contributed by atoms with Crippen molar-refractivity contribution in [1.29, 1.82) is 0 Å². The summed E-state index contributed by atoms with van der Waals surface area (Å²) in [6.45, 7) is 6.63. The minimum Gasteiger partial charge on any atom is -0.335 e. The van der Waals surface area contributed by atoms with Crippen molar-refractivity contribution in [1.82, 2.24) is 20.0 Å². The third kappa shape index (κ3) is 5.35. The predicted molar refractivity (Wildman–Crippen MR) is 98.2 cm³/mol. The molecule has 1 aliphatic heterocycles. The van der Waals surface area contributed by atoms with Crippen molar-refractivity contribution in [3.8, 4) is 0 Å². The molecule has 2 saturated carbocycles. The van der Waals surface area contributed by atoms with Crippen molar-refractivity contribution in [2.75, 3.05) is 53.4 Å². The van der Waals surface area contributed by atoms with Crippen LogP contribution in [-0.2, 0) is 0 Å². The molecule has 2 amide bonds. The van der Waals surface area contributed by atoms with Crippen LogP contribution in [0.1, 0.15) is 44.9 Å². The Labute approximate surface area is 147 Å². The lowest BCUT2D eigenvalue weighted by Gasteiger charge is -2.33. The number of carbonyl (C=O) groups is 1. The highest BCUT2D eigenvalue weighted by Gasteiger charge is 2.35. The molecular formula is C19H36N4O.